The van der Waals surface area contributed by atoms with Crippen molar-refractivity contribution in [3.63, 3.8) is 0 Å². The molecular formula is C57H112O9. The van der Waals surface area contributed by atoms with Gasteiger partial charge in [-0.25, -0.2) is 0 Å². The summed E-state index contributed by atoms with van der Waals surface area (Å²) in [6.45, 7) is 8.03. The van der Waals surface area contributed by atoms with Gasteiger partial charge in [0.25, 0.3) is 0 Å². The molecule has 0 aliphatic carbocycles. The lowest BCUT2D eigenvalue weighted by Crippen LogP contribution is -2.32. The summed E-state index contributed by atoms with van der Waals surface area (Å²) in [6.07, 6.45) is 49.9. The van der Waals surface area contributed by atoms with Gasteiger partial charge in [0.1, 0.15) is 13.2 Å². The molecule has 394 valence electrons. The van der Waals surface area contributed by atoms with Crippen molar-refractivity contribution in [1.29, 1.82) is 0 Å². The zero-order valence-corrected chi connectivity index (χ0v) is 44.3. The summed E-state index contributed by atoms with van der Waals surface area (Å²) in [5.41, 5.74) is -0.667. The van der Waals surface area contributed by atoms with Gasteiger partial charge in [-0.1, -0.05) is 259 Å². The molecule has 9 nitrogen and oxygen atoms in total. The Kier molecular flexibility index (Phi) is 54.5. The quantitative estimate of drug-likeness (QED) is 0.0309. The maximum absolute atomic E-state index is 12.8. The number of aliphatic hydroxyl groups is 3. The molecule has 9 heteroatoms. The first-order valence-electron chi connectivity index (χ1n) is 28.6. The molecule has 0 fully saturated rings. The van der Waals surface area contributed by atoms with Crippen molar-refractivity contribution in [3.8, 4) is 0 Å². The lowest BCUT2D eigenvalue weighted by atomic mass is 9.88. The highest BCUT2D eigenvalue weighted by Gasteiger charge is 2.25. The van der Waals surface area contributed by atoms with Crippen LogP contribution >= 0.6 is 0 Å². The second-order valence-corrected chi connectivity index (χ2v) is 19.8. The number of carbonyl (C=O) groups is 3. The van der Waals surface area contributed by atoms with Crippen molar-refractivity contribution in [2.75, 3.05) is 33.0 Å². The van der Waals surface area contributed by atoms with E-state index in [-0.39, 0.29) is 50.9 Å². The standard InChI is InChI=1S/C51H98O6.C6H14O3/c1-4-7-10-13-16-19-22-25-28-31-34-37-40-43-49(52)55-46-48(57-51(54)45-42-39-36-33-30-27-24-21-18-15-12-9-6-3)47-56-50(53)44-41-38-35-32-29-26-23-20-17-14-11-8-5-2;1-2-6(3-7,4-8)5-9/h48H,4-47H2,1-3H3;7-9H,2-5H2,1H3. The van der Waals surface area contributed by atoms with E-state index in [1.807, 2.05) is 6.92 Å². The highest BCUT2D eigenvalue weighted by atomic mass is 16.6. The Labute approximate surface area is 408 Å². The summed E-state index contributed by atoms with van der Waals surface area (Å²) in [6, 6.07) is 0. The molecule has 0 rings (SSSR count). The third-order valence-corrected chi connectivity index (χ3v) is 13.4. The van der Waals surface area contributed by atoms with E-state index in [0.29, 0.717) is 25.7 Å². The Morgan fingerprint density at radius 3 is 0.742 bits per heavy atom. The highest BCUT2D eigenvalue weighted by molar-refractivity contribution is 5.71. The molecule has 66 heavy (non-hydrogen) atoms. The summed E-state index contributed by atoms with van der Waals surface area (Å²) < 4.78 is 16.8. The fourth-order valence-corrected chi connectivity index (χ4v) is 8.22. The minimum Gasteiger partial charge on any atom is -0.462 e. The third-order valence-electron chi connectivity index (χ3n) is 13.4. The van der Waals surface area contributed by atoms with Gasteiger partial charge in [0.15, 0.2) is 6.10 Å². The van der Waals surface area contributed by atoms with Crippen LogP contribution in [-0.4, -0.2) is 72.4 Å². The number of unbranched alkanes of at least 4 members (excludes halogenated alkanes) is 36. The molecule has 3 N–H and O–H groups in total. The van der Waals surface area contributed by atoms with E-state index in [0.717, 1.165) is 57.8 Å². The number of rotatable bonds is 51. The predicted molar refractivity (Wildman–Crippen MR) is 277 cm³/mol. The molecule has 0 aromatic rings. The highest BCUT2D eigenvalue weighted by Crippen LogP contribution is 2.19. The fraction of sp³-hybridized carbons (Fsp3) is 0.947. The lowest BCUT2D eigenvalue weighted by Gasteiger charge is -2.24. The van der Waals surface area contributed by atoms with Crippen LogP contribution in [0.3, 0.4) is 0 Å². The molecule has 0 aromatic heterocycles. The molecule has 0 spiro atoms. The SMILES string of the molecule is CCC(CO)(CO)CO.CCCCCCCCCCCCCCCC(=O)OCC(COC(=O)CCCCCCCCCCCCCCC)OC(=O)CCCCCCCCCCCCCCC. The van der Waals surface area contributed by atoms with Gasteiger partial charge in [-0.05, 0) is 25.7 Å². The van der Waals surface area contributed by atoms with E-state index in [1.54, 1.807) is 0 Å². The van der Waals surface area contributed by atoms with Gasteiger partial charge in [-0.15, -0.1) is 0 Å². The summed E-state index contributed by atoms with van der Waals surface area (Å²) in [5.74, 6) is -0.842. The van der Waals surface area contributed by atoms with Gasteiger partial charge in [-0.3, -0.25) is 14.4 Å². The number of esters is 3. The lowest BCUT2D eigenvalue weighted by molar-refractivity contribution is -0.167. The number of aliphatic hydroxyl groups excluding tert-OH is 3. The number of hydrogen-bond donors (Lipinski definition) is 3. The molecule has 0 saturated carbocycles. The van der Waals surface area contributed by atoms with Gasteiger partial charge >= 0.3 is 17.9 Å². The first kappa shape index (κ1) is 66.4. The molecule has 0 radical (unpaired) electrons. The van der Waals surface area contributed by atoms with Crippen LogP contribution in [0, 0.1) is 5.41 Å². The molecule has 0 aliphatic heterocycles. The van der Waals surface area contributed by atoms with Gasteiger partial charge in [0.2, 0.25) is 0 Å². The van der Waals surface area contributed by atoms with Crippen LogP contribution in [-0.2, 0) is 28.6 Å². The average Bonchev–Trinajstić information content (AvgIpc) is 3.33. The van der Waals surface area contributed by atoms with E-state index < -0.39 is 11.5 Å². The Morgan fingerprint density at radius 1 is 0.333 bits per heavy atom. The predicted octanol–water partition coefficient (Wildman–Crippen LogP) is 15.8. The first-order valence-corrected chi connectivity index (χ1v) is 28.6. The van der Waals surface area contributed by atoms with Crippen molar-refractivity contribution in [3.05, 3.63) is 0 Å². The summed E-state index contributed by atoms with van der Waals surface area (Å²) in [5, 5.41) is 26.0. The Bertz CT molecular complexity index is 937. The molecule has 0 heterocycles. The van der Waals surface area contributed by atoms with E-state index >= 15 is 0 Å². The minimum absolute atomic E-state index is 0.0619. The normalized spacial score (nSPS) is 11.5. The summed E-state index contributed by atoms with van der Waals surface area (Å²) in [4.78, 5) is 37.9. The summed E-state index contributed by atoms with van der Waals surface area (Å²) in [7, 11) is 0. The van der Waals surface area contributed by atoms with E-state index in [1.165, 1.54) is 193 Å². The van der Waals surface area contributed by atoms with E-state index in [9.17, 15) is 14.4 Å². The largest absolute Gasteiger partial charge is 0.462 e. The molecule has 0 bridgehead atoms. The zero-order valence-electron chi connectivity index (χ0n) is 44.3. The molecule has 0 amide bonds. The molecule has 0 aromatic carbocycles. The summed E-state index contributed by atoms with van der Waals surface area (Å²) >= 11 is 0. The Hall–Kier alpha value is -1.71. The number of hydrogen-bond acceptors (Lipinski definition) is 9. The maximum atomic E-state index is 12.8. The second-order valence-electron chi connectivity index (χ2n) is 19.8. The average molecular weight is 942 g/mol. The monoisotopic (exact) mass is 941 g/mol. The van der Waals surface area contributed by atoms with Crippen LogP contribution in [0.4, 0.5) is 0 Å². The first-order chi connectivity index (χ1) is 32.3. The van der Waals surface area contributed by atoms with Gasteiger partial charge in [0.05, 0.1) is 19.8 Å². The van der Waals surface area contributed by atoms with Crippen LogP contribution in [0.25, 0.3) is 0 Å². The number of ether oxygens (including phenoxy) is 3. The molecule has 0 aliphatic rings. The van der Waals surface area contributed by atoms with Crippen LogP contribution in [0.15, 0.2) is 0 Å². The van der Waals surface area contributed by atoms with Crippen molar-refractivity contribution < 1.29 is 43.9 Å². The van der Waals surface area contributed by atoms with Gasteiger partial charge in [0, 0.05) is 24.7 Å². The Morgan fingerprint density at radius 2 is 0.545 bits per heavy atom. The van der Waals surface area contributed by atoms with Gasteiger partial charge in [-0.2, -0.15) is 0 Å². The Balaban J connectivity index is 0. The molecule has 0 atom stereocenters. The van der Waals surface area contributed by atoms with Crippen molar-refractivity contribution >= 4 is 17.9 Å². The van der Waals surface area contributed by atoms with Crippen molar-refractivity contribution in [2.45, 2.75) is 310 Å². The van der Waals surface area contributed by atoms with Crippen molar-refractivity contribution in [2.24, 2.45) is 5.41 Å². The second kappa shape index (κ2) is 54.2. The van der Waals surface area contributed by atoms with Crippen molar-refractivity contribution in [1.82, 2.24) is 0 Å². The smallest absolute Gasteiger partial charge is 0.306 e. The molecule has 0 unspecified atom stereocenters. The van der Waals surface area contributed by atoms with E-state index in [2.05, 4.69) is 20.8 Å². The van der Waals surface area contributed by atoms with Crippen LogP contribution in [0.5, 0.6) is 0 Å². The van der Waals surface area contributed by atoms with Gasteiger partial charge < -0.3 is 29.5 Å². The molecular weight excluding hydrogens is 829 g/mol. The zero-order chi connectivity index (χ0) is 48.9. The topological polar surface area (TPSA) is 140 Å². The fourth-order valence-electron chi connectivity index (χ4n) is 8.22. The minimum atomic E-state index is -0.759. The van der Waals surface area contributed by atoms with Crippen LogP contribution in [0.1, 0.15) is 304 Å². The third kappa shape index (κ3) is 48.7. The van der Waals surface area contributed by atoms with Crippen LogP contribution < -0.4 is 0 Å². The molecule has 0 saturated heterocycles. The maximum Gasteiger partial charge on any atom is 0.306 e. The van der Waals surface area contributed by atoms with Crippen LogP contribution in [0.2, 0.25) is 0 Å². The number of carbonyl (C=O) groups excluding carboxylic acids is 3. The van der Waals surface area contributed by atoms with E-state index in [4.69, 9.17) is 29.5 Å².